The number of ether oxygens (including phenoxy) is 1. The average molecular weight is 364 g/mol. The number of amides is 1. The lowest BCUT2D eigenvalue weighted by Gasteiger charge is -2.26. The molecule has 0 spiro atoms. The van der Waals surface area contributed by atoms with Crippen LogP contribution < -0.4 is 0 Å². The first-order chi connectivity index (χ1) is 12.5. The van der Waals surface area contributed by atoms with Crippen LogP contribution in [-0.2, 0) is 9.53 Å². The minimum Gasteiger partial charge on any atom is -0.469 e. The maximum Gasteiger partial charge on any atom is 0.310 e. The smallest absolute Gasteiger partial charge is 0.310 e. The topological polar surface area (TPSA) is 49.9 Å². The van der Waals surface area contributed by atoms with E-state index in [9.17, 15) is 14.0 Å². The highest BCUT2D eigenvalue weighted by Crippen LogP contribution is 2.14. The predicted octanol–water partition coefficient (Wildman–Crippen LogP) is 2.95. The Morgan fingerprint density at radius 3 is 2.58 bits per heavy atom. The van der Waals surface area contributed by atoms with Crippen LogP contribution in [0.2, 0.25) is 0 Å². The summed E-state index contributed by atoms with van der Waals surface area (Å²) < 4.78 is 18.8. The molecule has 1 heterocycles. The Bertz CT molecular complexity index is 602. The second-order valence-corrected chi connectivity index (χ2v) is 6.91. The Morgan fingerprint density at radius 1 is 1.23 bits per heavy atom. The van der Waals surface area contributed by atoms with Gasteiger partial charge < -0.3 is 14.5 Å². The molecule has 26 heavy (non-hydrogen) atoms. The van der Waals surface area contributed by atoms with Gasteiger partial charge in [0.05, 0.1) is 18.6 Å². The van der Waals surface area contributed by atoms with E-state index >= 15 is 0 Å². The molecule has 0 aromatic heterocycles. The highest BCUT2D eigenvalue weighted by molar-refractivity contribution is 5.94. The molecule has 1 amide bonds. The van der Waals surface area contributed by atoms with Gasteiger partial charge in [-0.15, -0.1) is 0 Å². The number of carbonyl (C=O) groups is 2. The van der Waals surface area contributed by atoms with Crippen molar-refractivity contribution in [1.29, 1.82) is 0 Å². The van der Waals surface area contributed by atoms with Crippen LogP contribution in [0.25, 0.3) is 0 Å². The molecular formula is C20H29FN2O3. The average Bonchev–Trinajstić information content (AvgIpc) is 3.16. The number of carbonyl (C=O) groups excluding carboxylic acids is 2. The fourth-order valence-electron chi connectivity index (χ4n) is 3.33. The summed E-state index contributed by atoms with van der Waals surface area (Å²) in [5.74, 6) is -1.73. The molecule has 0 saturated carbocycles. The Morgan fingerprint density at radius 2 is 1.92 bits per heavy atom. The first-order valence-electron chi connectivity index (χ1n) is 9.37. The first kappa shape index (κ1) is 20.4. The number of rotatable bonds is 9. The van der Waals surface area contributed by atoms with Crippen molar-refractivity contribution in [1.82, 2.24) is 9.80 Å². The minimum absolute atomic E-state index is 0.0455. The van der Waals surface area contributed by atoms with Gasteiger partial charge in [-0.05, 0) is 57.5 Å². The van der Waals surface area contributed by atoms with Crippen molar-refractivity contribution in [3.8, 4) is 0 Å². The zero-order valence-electron chi connectivity index (χ0n) is 15.7. The van der Waals surface area contributed by atoms with Gasteiger partial charge in [0.15, 0.2) is 0 Å². The van der Waals surface area contributed by atoms with Crippen LogP contribution in [0.1, 0.15) is 43.0 Å². The van der Waals surface area contributed by atoms with Crippen LogP contribution in [0.15, 0.2) is 24.3 Å². The van der Waals surface area contributed by atoms with Gasteiger partial charge in [0.1, 0.15) is 5.82 Å². The minimum atomic E-state index is -0.537. The SMILES string of the molecule is COC(=O)C(C)CN(CCCCN1CCCC1)C(=O)c1ccccc1F. The summed E-state index contributed by atoms with van der Waals surface area (Å²) in [6, 6.07) is 5.97. The molecule has 6 heteroatoms. The van der Waals surface area contributed by atoms with E-state index in [4.69, 9.17) is 4.74 Å². The van der Waals surface area contributed by atoms with Gasteiger partial charge in [-0.2, -0.15) is 0 Å². The Kier molecular flexibility index (Phi) is 8.04. The second kappa shape index (κ2) is 10.3. The number of benzene rings is 1. The lowest BCUT2D eigenvalue weighted by atomic mass is 10.1. The number of halogens is 1. The molecular weight excluding hydrogens is 335 g/mol. The fraction of sp³-hybridized carbons (Fsp3) is 0.600. The lowest BCUT2D eigenvalue weighted by molar-refractivity contribution is -0.145. The van der Waals surface area contributed by atoms with Crippen molar-refractivity contribution < 1.29 is 18.7 Å². The molecule has 1 aliphatic rings. The summed E-state index contributed by atoms with van der Waals surface area (Å²) in [5.41, 5.74) is 0.0455. The van der Waals surface area contributed by atoms with Gasteiger partial charge >= 0.3 is 5.97 Å². The van der Waals surface area contributed by atoms with E-state index < -0.39 is 11.7 Å². The Labute approximate surface area is 155 Å². The molecule has 5 nitrogen and oxygen atoms in total. The quantitative estimate of drug-likeness (QED) is 0.499. The van der Waals surface area contributed by atoms with E-state index in [0.717, 1.165) is 32.5 Å². The standard InChI is InChI=1S/C20H29FN2O3/c1-16(20(25)26-2)15-23(14-8-7-13-22-11-5-6-12-22)19(24)17-9-3-4-10-18(17)21/h3-4,9-10,16H,5-8,11-15H2,1-2H3. The molecule has 1 aromatic rings. The number of unbranched alkanes of at least 4 members (excludes halogenated alkanes) is 1. The van der Waals surface area contributed by atoms with Crippen molar-refractivity contribution in [3.63, 3.8) is 0 Å². The summed E-state index contributed by atoms with van der Waals surface area (Å²) in [4.78, 5) is 28.5. The number of nitrogens with zero attached hydrogens (tertiary/aromatic N) is 2. The van der Waals surface area contributed by atoms with E-state index in [0.29, 0.717) is 6.54 Å². The maximum absolute atomic E-state index is 14.0. The van der Waals surface area contributed by atoms with Crippen LogP contribution >= 0.6 is 0 Å². The predicted molar refractivity (Wildman–Crippen MR) is 98.4 cm³/mol. The van der Waals surface area contributed by atoms with Gasteiger partial charge in [-0.3, -0.25) is 9.59 Å². The molecule has 1 fully saturated rings. The van der Waals surface area contributed by atoms with E-state index in [1.54, 1.807) is 24.0 Å². The van der Waals surface area contributed by atoms with Crippen molar-refractivity contribution in [2.75, 3.05) is 39.8 Å². The normalized spacial score (nSPS) is 15.7. The molecule has 1 aliphatic heterocycles. The molecule has 0 bridgehead atoms. The van der Waals surface area contributed by atoms with Crippen molar-refractivity contribution in [3.05, 3.63) is 35.6 Å². The summed E-state index contributed by atoms with van der Waals surface area (Å²) in [7, 11) is 1.33. The molecule has 1 atom stereocenters. The molecule has 144 valence electrons. The van der Waals surface area contributed by atoms with E-state index in [1.165, 1.54) is 32.1 Å². The van der Waals surface area contributed by atoms with E-state index in [2.05, 4.69) is 4.90 Å². The number of likely N-dealkylation sites (tertiary alicyclic amines) is 1. The van der Waals surface area contributed by atoms with E-state index in [1.807, 2.05) is 0 Å². The zero-order chi connectivity index (χ0) is 18.9. The summed E-state index contributed by atoms with van der Waals surface area (Å²) in [5, 5.41) is 0. The Balaban J connectivity index is 1.97. The van der Waals surface area contributed by atoms with Crippen LogP contribution in [0.3, 0.4) is 0 Å². The monoisotopic (exact) mass is 364 g/mol. The second-order valence-electron chi connectivity index (χ2n) is 6.91. The Hall–Kier alpha value is -1.95. The number of methoxy groups -OCH3 is 1. The third kappa shape index (κ3) is 5.80. The molecule has 1 saturated heterocycles. The number of hydrogen-bond acceptors (Lipinski definition) is 4. The van der Waals surface area contributed by atoms with E-state index in [-0.39, 0.29) is 24.0 Å². The first-order valence-corrected chi connectivity index (χ1v) is 9.37. The lowest BCUT2D eigenvalue weighted by Crippen LogP contribution is -2.38. The van der Waals surface area contributed by atoms with Crippen LogP contribution in [0, 0.1) is 11.7 Å². The summed E-state index contributed by atoms with van der Waals surface area (Å²) in [6.07, 6.45) is 4.32. The molecule has 1 aromatic carbocycles. The third-order valence-corrected chi connectivity index (χ3v) is 4.84. The molecule has 1 unspecified atom stereocenters. The van der Waals surface area contributed by atoms with Gasteiger partial charge in [-0.1, -0.05) is 19.1 Å². The highest BCUT2D eigenvalue weighted by Gasteiger charge is 2.24. The third-order valence-electron chi connectivity index (χ3n) is 4.84. The van der Waals surface area contributed by atoms with Crippen molar-refractivity contribution >= 4 is 11.9 Å². The summed E-state index contributed by atoms with van der Waals surface area (Å²) in [6.45, 7) is 5.77. The maximum atomic E-state index is 14.0. The van der Waals surface area contributed by atoms with Gasteiger partial charge in [0.2, 0.25) is 0 Å². The van der Waals surface area contributed by atoms with Crippen molar-refractivity contribution in [2.45, 2.75) is 32.6 Å². The van der Waals surface area contributed by atoms with Gasteiger partial charge in [0, 0.05) is 13.1 Å². The largest absolute Gasteiger partial charge is 0.469 e. The number of esters is 1. The van der Waals surface area contributed by atoms with Crippen molar-refractivity contribution in [2.24, 2.45) is 5.92 Å². The fourth-order valence-corrected chi connectivity index (χ4v) is 3.33. The van der Waals surface area contributed by atoms with Crippen LogP contribution in [0.5, 0.6) is 0 Å². The number of hydrogen-bond donors (Lipinski definition) is 0. The van der Waals surface area contributed by atoms with Gasteiger partial charge in [-0.25, -0.2) is 4.39 Å². The van der Waals surface area contributed by atoms with Crippen LogP contribution in [0.4, 0.5) is 4.39 Å². The van der Waals surface area contributed by atoms with Gasteiger partial charge in [0.25, 0.3) is 5.91 Å². The molecule has 0 radical (unpaired) electrons. The molecule has 0 aliphatic carbocycles. The summed E-state index contributed by atoms with van der Waals surface area (Å²) >= 11 is 0. The molecule has 2 rings (SSSR count). The van der Waals surface area contributed by atoms with Crippen LogP contribution in [-0.4, -0.2) is 61.5 Å². The highest BCUT2D eigenvalue weighted by atomic mass is 19.1. The molecule has 0 N–H and O–H groups in total. The zero-order valence-corrected chi connectivity index (χ0v) is 15.7.